The minimum atomic E-state index is -0.573. The molecule has 30 heavy (non-hydrogen) atoms. The van der Waals surface area contributed by atoms with Gasteiger partial charge in [-0.1, -0.05) is 6.07 Å². The van der Waals surface area contributed by atoms with Crippen LogP contribution in [-0.2, 0) is 11.4 Å². The first-order valence-electron chi connectivity index (χ1n) is 9.41. The molecule has 0 atom stereocenters. The Morgan fingerprint density at radius 1 is 1.10 bits per heavy atom. The Labute approximate surface area is 172 Å². The summed E-state index contributed by atoms with van der Waals surface area (Å²) in [5, 5.41) is 5.88. The lowest BCUT2D eigenvalue weighted by Crippen LogP contribution is -2.37. The molecule has 10 heteroatoms. The summed E-state index contributed by atoms with van der Waals surface area (Å²) in [6.07, 6.45) is 6.00. The van der Waals surface area contributed by atoms with Gasteiger partial charge in [-0.2, -0.15) is 0 Å². The average Bonchev–Trinajstić information content (AvgIpc) is 2.81. The SMILES string of the molecule is O=C(Nc1cncnc1N1CCOCC1)c1ccnc(Nc2ccc(CF)cn2)c1. The number of rotatable bonds is 6. The van der Waals surface area contributed by atoms with Crippen molar-refractivity contribution < 1.29 is 13.9 Å². The maximum absolute atomic E-state index is 12.8. The Bertz CT molecular complexity index is 1010. The van der Waals surface area contributed by atoms with Crippen LogP contribution in [0.1, 0.15) is 15.9 Å². The zero-order valence-corrected chi connectivity index (χ0v) is 16.1. The normalized spacial score (nSPS) is 13.7. The van der Waals surface area contributed by atoms with Crippen LogP contribution >= 0.6 is 0 Å². The summed E-state index contributed by atoms with van der Waals surface area (Å²) in [6, 6.07) is 6.50. The van der Waals surface area contributed by atoms with Gasteiger partial charge in [0.1, 0.15) is 30.3 Å². The Kier molecular flexibility index (Phi) is 6.04. The number of pyridine rings is 2. The lowest BCUT2D eigenvalue weighted by Gasteiger charge is -2.29. The quantitative estimate of drug-likeness (QED) is 0.640. The first-order chi connectivity index (χ1) is 14.7. The summed E-state index contributed by atoms with van der Waals surface area (Å²) < 4.78 is 18.0. The minimum absolute atomic E-state index is 0.314. The number of alkyl halides is 1. The van der Waals surface area contributed by atoms with Gasteiger partial charge in [0.05, 0.1) is 19.4 Å². The molecule has 0 saturated carbocycles. The lowest BCUT2D eigenvalue weighted by molar-refractivity contribution is 0.102. The van der Waals surface area contributed by atoms with E-state index >= 15 is 0 Å². The molecular weight excluding hydrogens is 389 g/mol. The molecule has 1 aliphatic rings. The maximum atomic E-state index is 12.8. The van der Waals surface area contributed by atoms with Crippen molar-refractivity contribution in [3.63, 3.8) is 0 Å². The second-order valence-corrected chi connectivity index (χ2v) is 6.55. The zero-order valence-electron chi connectivity index (χ0n) is 16.1. The van der Waals surface area contributed by atoms with Crippen molar-refractivity contribution in [1.29, 1.82) is 0 Å². The Morgan fingerprint density at radius 2 is 1.97 bits per heavy atom. The first kappa shape index (κ1) is 19.6. The number of ether oxygens (including phenoxy) is 1. The molecule has 1 aliphatic heterocycles. The molecule has 1 saturated heterocycles. The highest BCUT2D eigenvalue weighted by molar-refractivity contribution is 6.05. The van der Waals surface area contributed by atoms with Crippen molar-refractivity contribution in [1.82, 2.24) is 19.9 Å². The van der Waals surface area contributed by atoms with E-state index in [0.717, 1.165) is 0 Å². The molecule has 3 aromatic heterocycles. The van der Waals surface area contributed by atoms with Crippen LogP contribution in [0.3, 0.4) is 0 Å². The number of aromatic nitrogens is 4. The van der Waals surface area contributed by atoms with E-state index < -0.39 is 6.67 Å². The van der Waals surface area contributed by atoms with Gasteiger partial charge in [-0.3, -0.25) is 4.79 Å². The number of nitrogens with zero attached hydrogens (tertiary/aromatic N) is 5. The summed E-state index contributed by atoms with van der Waals surface area (Å²) in [5.74, 6) is 1.29. The Morgan fingerprint density at radius 3 is 2.73 bits per heavy atom. The van der Waals surface area contributed by atoms with Gasteiger partial charge in [-0.05, 0) is 18.2 Å². The van der Waals surface area contributed by atoms with Crippen molar-refractivity contribution in [2.24, 2.45) is 0 Å². The van der Waals surface area contributed by atoms with Crippen LogP contribution in [0, 0.1) is 0 Å². The molecule has 4 rings (SSSR count). The number of carbonyl (C=O) groups is 1. The number of hydrogen-bond donors (Lipinski definition) is 2. The monoisotopic (exact) mass is 409 g/mol. The molecule has 0 aliphatic carbocycles. The molecule has 0 spiro atoms. The third-order valence-corrected chi connectivity index (χ3v) is 4.51. The number of morpholine rings is 1. The molecule has 3 aromatic rings. The second-order valence-electron chi connectivity index (χ2n) is 6.55. The fourth-order valence-corrected chi connectivity index (χ4v) is 2.98. The van der Waals surface area contributed by atoms with Gasteiger partial charge >= 0.3 is 0 Å². The number of hydrogen-bond acceptors (Lipinski definition) is 8. The number of carbonyl (C=O) groups excluding carboxylic acids is 1. The van der Waals surface area contributed by atoms with Crippen molar-refractivity contribution in [3.8, 4) is 0 Å². The van der Waals surface area contributed by atoms with Crippen molar-refractivity contribution >= 4 is 29.0 Å². The average molecular weight is 409 g/mol. The molecule has 0 radical (unpaired) electrons. The summed E-state index contributed by atoms with van der Waals surface area (Å²) in [4.78, 5) is 31.5. The fourth-order valence-electron chi connectivity index (χ4n) is 2.98. The summed E-state index contributed by atoms with van der Waals surface area (Å²) in [7, 11) is 0. The zero-order chi connectivity index (χ0) is 20.8. The molecule has 1 amide bonds. The Hall–Kier alpha value is -3.66. The molecule has 1 fully saturated rings. The van der Waals surface area contributed by atoms with E-state index in [1.165, 1.54) is 18.7 Å². The van der Waals surface area contributed by atoms with Crippen LogP contribution < -0.4 is 15.5 Å². The first-order valence-corrected chi connectivity index (χ1v) is 9.41. The highest BCUT2D eigenvalue weighted by Crippen LogP contribution is 2.23. The molecule has 4 heterocycles. The van der Waals surface area contributed by atoms with Gasteiger partial charge < -0.3 is 20.3 Å². The summed E-state index contributed by atoms with van der Waals surface area (Å²) in [5.41, 5.74) is 1.42. The third-order valence-electron chi connectivity index (χ3n) is 4.51. The number of amides is 1. The predicted octanol–water partition coefficient (Wildman–Crippen LogP) is 2.57. The topological polar surface area (TPSA) is 105 Å². The lowest BCUT2D eigenvalue weighted by atomic mass is 10.2. The van der Waals surface area contributed by atoms with E-state index in [4.69, 9.17) is 4.74 Å². The van der Waals surface area contributed by atoms with Crippen LogP contribution in [0.4, 0.5) is 27.5 Å². The molecule has 154 valence electrons. The summed E-state index contributed by atoms with van der Waals surface area (Å²) >= 11 is 0. The van der Waals surface area contributed by atoms with E-state index in [9.17, 15) is 9.18 Å². The summed E-state index contributed by atoms with van der Waals surface area (Å²) in [6.45, 7) is 2.03. The molecule has 0 bridgehead atoms. The molecule has 9 nitrogen and oxygen atoms in total. The molecule has 0 unspecified atom stereocenters. The fraction of sp³-hybridized carbons (Fsp3) is 0.250. The van der Waals surface area contributed by atoms with E-state index in [1.54, 1.807) is 30.5 Å². The van der Waals surface area contributed by atoms with Crippen molar-refractivity contribution in [2.45, 2.75) is 6.67 Å². The van der Waals surface area contributed by atoms with Gasteiger partial charge in [0.2, 0.25) is 0 Å². The molecule has 0 aromatic carbocycles. The smallest absolute Gasteiger partial charge is 0.255 e. The van der Waals surface area contributed by atoms with Crippen LogP contribution in [0.25, 0.3) is 0 Å². The van der Waals surface area contributed by atoms with Crippen LogP contribution in [0.15, 0.2) is 49.2 Å². The highest BCUT2D eigenvalue weighted by Gasteiger charge is 2.18. The maximum Gasteiger partial charge on any atom is 0.255 e. The van der Waals surface area contributed by atoms with Crippen LogP contribution in [0.2, 0.25) is 0 Å². The Balaban J connectivity index is 1.48. The van der Waals surface area contributed by atoms with Crippen molar-refractivity contribution in [2.75, 3.05) is 41.8 Å². The van der Waals surface area contributed by atoms with Gasteiger partial charge in [0.25, 0.3) is 5.91 Å². The number of nitrogens with one attached hydrogen (secondary N) is 2. The largest absolute Gasteiger partial charge is 0.378 e. The minimum Gasteiger partial charge on any atom is -0.378 e. The molecular formula is C20H20FN7O2. The van der Waals surface area contributed by atoms with Gasteiger partial charge in [-0.15, -0.1) is 0 Å². The van der Waals surface area contributed by atoms with E-state index in [0.29, 0.717) is 60.6 Å². The number of halogens is 1. The van der Waals surface area contributed by atoms with E-state index in [1.807, 2.05) is 4.90 Å². The second kappa shape index (κ2) is 9.23. The van der Waals surface area contributed by atoms with Crippen molar-refractivity contribution in [3.05, 3.63) is 60.3 Å². The third kappa shape index (κ3) is 4.66. The molecule has 2 N–H and O–H groups in total. The van der Waals surface area contributed by atoms with Gasteiger partial charge in [0.15, 0.2) is 5.82 Å². The highest BCUT2D eigenvalue weighted by atomic mass is 19.1. The van der Waals surface area contributed by atoms with Gasteiger partial charge in [-0.25, -0.2) is 24.3 Å². The standard InChI is InChI=1S/C20H20FN7O2/c21-10-14-1-2-17(24-11-14)27-18-9-15(3-4-23-18)20(29)26-16-12-22-13-25-19(16)28-5-7-30-8-6-28/h1-4,9,11-13H,5-8,10H2,(H,26,29)(H,23,24,27). The van der Waals surface area contributed by atoms with Crippen LogP contribution in [0.5, 0.6) is 0 Å². The van der Waals surface area contributed by atoms with Crippen LogP contribution in [-0.4, -0.2) is 52.1 Å². The van der Waals surface area contributed by atoms with Gasteiger partial charge in [0, 0.05) is 36.6 Å². The predicted molar refractivity (Wildman–Crippen MR) is 110 cm³/mol. The number of anilines is 4. The van der Waals surface area contributed by atoms with E-state index in [2.05, 4.69) is 30.6 Å². The van der Waals surface area contributed by atoms with E-state index in [-0.39, 0.29) is 5.91 Å².